The van der Waals surface area contributed by atoms with Crippen LogP contribution in [0.2, 0.25) is 0 Å². The molecule has 0 heterocycles. The molecule has 0 aliphatic heterocycles. The third kappa shape index (κ3) is 8.41. The van der Waals surface area contributed by atoms with Gasteiger partial charge < -0.3 is 9.47 Å². The van der Waals surface area contributed by atoms with Gasteiger partial charge in [-0.15, -0.1) is 0 Å². The maximum Gasteiger partial charge on any atom is 0.305 e. The summed E-state index contributed by atoms with van der Waals surface area (Å²) in [5.41, 5.74) is 0.849. The summed E-state index contributed by atoms with van der Waals surface area (Å²) < 4.78 is 10.2. The number of carbonyl (C=O) groups excluding carboxylic acids is 2. The van der Waals surface area contributed by atoms with E-state index in [1.165, 1.54) is 13.8 Å². The molecule has 0 unspecified atom stereocenters. The van der Waals surface area contributed by atoms with Gasteiger partial charge in [0.1, 0.15) is 0 Å². The highest BCUT2D eigenvalue weighted by Crippen LogP contribution is 2.20. The Labute approximate surface area is 116 Å². The lowest BCUT2D eigenvalue weighted by Gasteiger charge is -2.22. The van der Waals surface area contributed by atoms with Gasteiger partial charge >= 0.3 is 11.9 Å². The lowest BCUT2D eigenvalue weighted by molar-refractivity contribution is -0.178. The normalized spacial score (nSPS) is 11.8. The maximum atomic E-state index is 11.1. The van der Waals surface area contributed by atoms with Crippen LogP contribution in [0, 0.1) is 5.92 Å². The van der Waals surface area contributed by atoms with Gasteiger partial charge in [-0.1, -0.05) is 39.7 Å². The molecule has 0 fully saturated rings. The molecule has 0 amide bonds. The Kier molecular flexibility index (Phi) is 8.92. The molecule has 0 saturated carbocycles. The number of esters is 2. The fraction of sp³-hybridized carbons (Fsp3) is 0.733. The highest BCUT2D eigenvalue weighted by Gasteiger charge is 2.22. The van der Waals surface area contributed by atoms with Crippen LogP contribution in [0.4, 0.5) is 0 Å². The third-order valence-corrected chi connectivity index (χ3v) is 2.67. The average molecular weight is 270 g/mol. The van der Waals surface area contributed by atoms with E-state index in [-0.39, 0.29) is 5.92 Å². The van der Waals surface area contributed by atoms with E-state index in [2.05, 4.69) is 6.92 Å². The van der Waals surface area contributed by atoms with Gasteiger partial charge in [0.25, 0.3) is 6.29 Å². The molecule has 4 heteroatoms. The van der Waals surface area contributed by atoms with Gasteiger partial charge in [-0.25, -0.2) is 0 Å². The first-order chi connectivity index (χ1) is 8.88. The molecule has 0 N–H and O–H groups in total. The van der Waals surface area contributed by atoms with Crippen molar-refractivity contribution in [1.82, 2.24) is 0 Å². The van der Waals surface area contributed by atoms with Crippen molar-refractivity contribution in [2.75, 3.05) is 0 Å². The zero-order chi connectivity index (χ0) is 14.8. The Morgan fingerprint density at radius 1 is 1.05 bits per heavy atom. The summed E-state index contributed by atoms with van der Waals surface area (Å²) in [6.07, 6.45) is 5.43. The van der Waals surface area contributed by atoms with Gasteiger partial charge in [-0.05, 0) is 18.8 Å². The van der Waals surface area contributed by atoms with E-state index in [4.69, 9.17) is 9.47 Å². The number of allylic oxidation sites excluding steroid dienone is 1. The summed E-state index contributed by atoms with van der Waals surface area (Å²) in [6, 6.07) is 0. The SMILES string of the molecule is CCCCCC=C(C(C)C)C(OC(C)=O)OC(C)=O. The number of hydrogen-bond acceptors (Lipinski definition) is 4. The van der Waals surface area contributed by atoms with Crippen LogP contribution < -0.4 is 0 Å². The van der Waals surface area contributed by atoms with Crippen LogP contribution >= 0.6 is 0 Å². The third-order valence-electron chi connectivity index (χ3n) is 2.67. The summed E-state index contributed by atoms with van der Waals surface area (Å²) in [7, 11) is 0. The Morgan fingerprint density at radius 2 is 1.58 bits per heavy atom. The molecular weight excluding hydrogens is 244 g/mol. The van der Waals surface area contributed by atoms with E-state index in [0.717, 1.165) is 31.3 Å². The number of carbonyl (C=O) groups is 2. The molecule has 0 spiro atoms. The van der Waals surface area contributed by atoms with E-state index in [9.17, 15) is 9.59 Å². The molecule has 0 aliphatic carbocycles. The highest BCUT2D eigenvalue weighted by atomic mass is 16.7. The standard InChI is InChI=1S/C15H26O4/c1-6-7-8-9-10-14(11(2)3)15(18-12(4)16)19-13(5)17/h10-11,15H,6-9H2,1-5H3. The van der Waals surface area contributed by atoms with Gasteiger partial charge in [0, 0.05) is 19.4 Å². The maximum absolute atomic E-state index is 11.1. The van der Waals surface area contributed by atoms with Crippen molar-refractivity contribution in [3.63, 3.8) is 0 Å². The van der Waals surface area contributed by atoms with Gasteiger partial charge in [0.05, 0.1) is 0 Å². The van der Waals surface area contributed by atoms with Crippen molar-refractivity contribution in [3.8, 4) is 0 Å². The predicted molar refractivity (Wildman–Crippen MR) is 74.4 cm³/mol. The minimum atomic E-state index is -0.892. The second-order valence-corrected chi connectivity index (χ2v) is 4.91. The zero-order valence-electron chi connectivity index (χ0n) is 12.7. The summed E-state index contributed by atoms with van der Waals surface area (Å²) in [5, 5.41) is 0. The van der Waals surface area contributed by atoms with Crippen LogP contribution in [0.25, 0.3) is 0 Å². The second kappa shape index (κ2) is 9.59. The average Bonchev–Trinajstić information content (AvgIpc) is 2.26. The second-order valence-electron chi connectivity index (χ2n) is 4.91. The molecule has 0 aromatic rings. The minimum Gasteiger partial charge on any atom is -0.421 e. The molecule has 4 nitrogen and oxygen atoms in total. The van der Waals surface area contributed by atoms with Gasteiger partial charge in [0.15, 0.2) is 0 Å². The van der Waals surface area contributed by atoms with Crippen LogP contribution in [0.3, 0.4) is 0 Å². The molecular formula is C15H26O4. The summed E-state index contributed by atoms with van der Waals surface area (Å²) in [5.74, 6) is -0.747. The Balaban J connectivity index is 4.82. The Morgan fingerprint density at radius 3 is 1.95 bits per heavy atom. The van der Waals surface area contributed by atoms with Crippen molar-refractivity contribution < 1.29 is 19.1 Å². The van der Waals surface area contributed by atoms with Crippen molar-refractivity contribution in [1.29, 1.82) is 0 Å². The topological polar surface area (TPSA) is 52.6 Å². The Hall–Kier alpha value is -1.32. The first-order valence-corrected chi connectivity index (χ1v) is 6.92. The Bertz CT molecular complexity index is 302. The fourth-order valence-electron chi connectivity index (χ4n) is 1.73. The van der Waals surface area contributed by atoms with Crippen molar-refractivity contribution >= 4 is 11.9 Å². The molecule has 0 atom stereocenters. The monoisotopic (exact) mass is 270 g/mol. The molecule has 19 heavy (non-hydrogen) atoms. The van der Waals surface area contributed by atoms with E-state index >= 15 is 0 Å². The first kappa shape index (κ1) is 17.7. The van der Waals surface area contributed by atoms with Crippen LogP contribution in [-0.4, -0.2) is 18.2 Å². The minimum absolute atomic E-state index is 0.158. The largest absolute Gasteiger partial charge is 0.421 e. The molecule has 0 radical (unpaired) electrons. The molecule has 0 rings (SSSR count). The van der Waals surface area contributed by atoms with Crippen LogP contribution in [0.1, 0.15) is 60.3 Å². The molecule has 0 bridgehead atoms. The molecule has 110 valence electrons. The molecule has 0 aliphatic rings. The number of rotatable bonds is 8. The molecule has 0 aromatic carbocycles. The predicted octanol–water partition coefficient (Wildman–Crippen LogP) is 3.60. The van der Waals surface area contributed by atoms with Crippen LogP contribution in [-0.2, 0) is 19.1 Å². The smallest absolute Gasteiger partial charge is 0.305 e. The van der Waals surface area contributed by atoms with Crippen molar-refractivity contribution in [2.45, 2.75) is 66.6 Å². The number of ether oxygens (including phenoxy) is 2. The fourth-order valence-corrected chi connectivity index (χ4v) is 1.73. The lowest BCUT2D eigenvalue weighted by Crippen LogP contribution is -2.27. The highest BCUT2D eigenvalue weighted by molar-refractivity contribution is 5.68. The lowest BCUT2D eigenvalue weighted by atomic mass is 10.0. The van der Waals surface area contributed by atoms with E-state index in [1.807, 2.05) is 19.9 Å². The van der Waals surface area contributed by atoms with E-state index in [0.29, 0.717) is 0 Å². The number of hydrogen-bond donors (Lipinski definition) is 0. The summed E-state index contributed by atoms with van der Waals surface area (Å²) >= 11 is 0. The van der Waals surface area contributed by atoms with Crippen LogP contribution in [0.5, 0.6) is 0 Å². The van der Waals surface area contributed by atoms with Crippen molar-refractivity contribution in [3.05, 3.63) is 11.6 Å². The summed E-state index contributed by atoms with van der Waals surface area (Å²) in [4.78, 5) is 22.2. The van der Waals surface area contributed by atoms with Gasteiger partial charge in [-0.2, -0.15) is 0 Å². The first-order valence-electron chi connectivity index (χ1n) is 6.92. The molecule has 0 saturated heterocycles. The molecule has 0 aromatic heterocycles. The zero-order valence-corrected chi connectivity index (χ0v) is 12.7. The van der Waals surface area contributed by atoms with E-state index in [1.54, 1.807) is 0 Å². The van der Waals surface area contributed by atoms with E-state index < -0.39 is 18.2 Å². The van der Waals surface area contributed by atoms with Crippen LogP contribution in [0.15, 0.2) is 11.6 Å². The van der Waals surface area contributed by atoms with Gasteiger partial charge in [-0.3, -0.25) is 9.59 Å². The summed E-state index contributed by atoms with van der Waals surface area (Å²) in [6.45, 7) is 8.75. The number of unbranched alkanes of at least 4 members (excludes halogenated alkanes) is 3. The quantitative estimate of drug-likeness (QED) is 0.293. The van der Waals surface area contributed by atoms with Crippen molar-refractivity contribution in [2.24, 2.45) is 5.92 Å². The van der Waals surface area contributed by atoms with Gasteiger partial charge in [0.2, 0.25) is 0 Å².